The fraction of sp³-hybridized carbons (Fsp3) is 0.345. The largest absolute Gasteiger partial charge is 0.493 e. The monoisotopic (exact) mass is 451 g/mol. The van der Waals surface area contributed by atoms with E-state index in [9.17, 15) is 4.79 Å². The van der Waals surface area contributed by atoms with Gasteiger partial charge in [0.15, 0.2) is 5.78 Å². The van der Waals surface area contributed by atoms with Crippen molar-refractivity contribution in [1.82, 2.24) is 9.55 Å². The molecule has 6 rings (SSSR count). The number of rotatable bonds is 6. The van der Waals surface area contributed by atoms with Crippen molar-refractivity contribution < 1.29 is 9.53 Å². The van der Waals surface area contributed by atoms with Crippen LogP contribution < -0.4 is 4.74 Å². The van der Waals surface area contributed by atoms with E-state index in [1.165, 1.54) is 5.57 Å². The molecule has 3 aliphatic rings. The number of aliphatic imine (C=N–C) groups is 1. The molecule has 2 aromatic carbocycles. The second kappa shape index (κ2) is 8.71. The Morgan fingerprint density at radius 1 is 1.18 bits per heavy atom. The van der Waals surface area contributed by atoms with E-state index < -0.39 is 0 Å². The Morgan fingerprint density at radius 2 is 2.09 bits per heavy atom. The number of allylic oxidation sites excluding steroid dienone is 4. The van der Waals surface area contributed by atoms with Gasteiger partial charge in [0.2, 0.25) is 0 Å². The van der Waals surface area contributed by atoms with Gasteiger partial charge in [0.05, 0.1) is 23.3 Å². The van der Waals surface area contributed by atoms with E-state index in [4.69, 9.17) is 14.7 Å². The Bertz CT molecular complexity index is 1360. The summed E-state index contributed by atoms with van der Waals surface area (Å²) in [7, 11) is 0. The van der Waals surface area contributed by atoms with E-state index in [0.717, 1.165) is 78.1 Å². The van der Waals surface area contributed by atoms with Crippen LogP contribution in [-0.4, -0.2) is 28.2 Å². The molecule has 1 saturated carbocycles. The van der Waals surface area contributed by atoms with E-state index in [-0.39, 0.29) is 17.6 Å². The van der Waals surface area contributed by atoms with Crippen LogP contribution in [0.1, 0.15) is 53.8 Å². The molecule has 3 aromatic rings. The molecule has 2 atom stereocenters. The summed E-state index contributed by atoms with van der Waals surface area (Å²) < 4.78 is 8.51. The summed E-state index contributed by atoms with van der Waals surface area (Å²) in [6.07, 6.45) is 13.4. The zero-order valence-electron chi connectivity index (χ0n) is 19.5. The third-order valence-corrected chi connectivity index (χ3v) is 7.37. The highest BCUT2D eigenvalue weighted by Gasteiger charge is 2.35. The van der Waals surface area contributed by atoms with E-state index in [1.807, 2.05) is 31.3 Å². The first kappa shape index (κ1) is 21.1. The Hall–Kier alpha value is -3.47. The van der Waals surface area contributed by atoms with E-state index >= 15 is 0 Å². The fourth-order valence-electron chi connectivity index (χ4n) is 5.57. The van der Waals surface area contributed by atoms with Crippen molar-refractivity contribution in [2.24, 2.45) is 16.8 Å². The molecular weight excluding hydrogens is 422 g/mol. The number of ether oxygens (including phenoxy) is 1. The predicted molar refractivity (Wildman–Crippen MR) is 136 cm³/mol. The second-order valence-corrected chi connectivity index (χ2v) is 9.58. The van der Waals surface area contributed by atoms with Crippen molar-refractivity contribution in [3.63, 3.8) is 0 Å². The summed E-state index contributed by atoms with van der Waals surface area (Å²) in [6.45, 7) is 3.44. The molecule has 1 aliphatic heterocycles. The van der Waals surface area contributed by atoms with Gasteiger partial charge in [-0.3, -0.25) is 9.79 Å². The number of hydrogen-bond acceptors (Lipinski definition) is 4. The molecule has 2 heterocycles. The zero-order chi connectivity index (χ0) is 23.1. The number of hydrogen-bond donors (Lipinski definition) is 0. The lowest BCUT2D eigenvalue weighted by atomic mass is 9.89. The predicted octanol–water partition coefficient (Wildman–Crippen LogP) is 6.47. The van der Waals surface area contributed by atoms with Gasteiger partial charge in [0.1, 0.15) is 11.6 Å². The van der Waals surface area contributed by atoms with Gasteiger partial charge in [0, 0.05) is 36.2 Å². The number of carbonyl (C=O) groups is 1. The van der Waals surface area contributed by atoms with Crippen LogP contribution in [0.2, 0.25) is 0 Å². The van der Waals surface area contributed by atoms with Crippen LogP contribution in [0, 0.1) is 18.8 Å². The SMILES string of the molecule is Cc1cc2c(cc1OCCCn1c(C3=CC=CC3)nc3ccccc31)N=C[C@@H]1CCCC1C2=O. The molecule has 0 N–H and O–H groups in total. The number of aromatic nitrogens is 2. The van der Waals surface area contributed by atoms with Crippen molar-refractivity contribution >= 4 is 34.3 Å². The van der Waals surface area contributed by atoms with Crippen LogP contribution in [-0.2, 0) is 6.54 Å². The number of fused-ring (bicyclic) bond motifs is 3. The Balaban J connectivity index is 1.18. The van der Waals surface area contributed by atoms with Gasteiger partial charge in [-0.25, -0.2) is 4.98 Å². The standard InChI is InChI=1S/C29H29N3O2/c1-19-16-23-25(30-18-21-10-6-11-22(21)28(23)33)17-27(19)34-15-7-14-32-26-13-5-4-12-24(26)31-29(32)20-8-2-3-9-20/h2-5,8,12-13,16-18,21-22H,6-7,9-11,14-15H2,1H3/t21-,22?/m0/s1. The average molecular weight is 452 g/mol. The van der Waals surface area contributed by atoms with Crippen molar-refractivity contribution in [3.8, 4) is 5.75 Å². The van der Waals surface area contributed by atoms with E-state index in [2.05, 4.69) is 41.0 Å². The first-order valence-electron chi connectivity index (χ1n) is 12.4. The van der Waals surface area contributed by atoms with Crippen LogP contribution in [0.3, 0.4) is 0 Å². The highest BCUT2D eigenvalue weighted by atomic mass is 16.5. The molecule has 0 radical (unpaired) electrons. The Labute approximate surface area is 199 Å². The minimum Gasteiger partial charge on any atom is -0.493 e. The molecule has 1 fully saturated rings. The van der Waals surface area contributed by atoms with E-state index in [1.54, 1.807) is 0 Å². The second-order valence-electron chi connectivity index (χ2n) is 9.58. The average Bonchev–Trinajstić information content (AvgIpc) is 3.59. The summed E-state index contributed by atoms with van der Waals surface area (Å²) in [6, 6.07) is 12.2. The third-order valence-electron chi connectivity index (χ3n) is 7.37. The zero-order valence-corrected chi connectivity index (χ0v) is 19.5. The maximum absolute atomic E-state index is 13.1. The van der Waals surface area contributed by atoms with Crippen molar-refractivity contribution in [3.05, 3.63) is 71.6 Å². The van der Waals surface area contributed by atoms with Crippen LogP contribution in [0.4, 0.5) is 5.69 Å². The maximum Gasteiger partial charge on any atom is 0.168 e. The molecule has 0 spiro atoms. The minimum absolute atomic E-state index is 0.0977. The molecule has 0 amide bonds. The van der Waals surface area contributed by atoms with Gasteiger partial charge < -0.3 is 9.30 Å². The number of Topliss-reactive ketones (excluding diaryl/α,β-unsaturated/α-hetero) is 1. The number of carbonyl (C=O) groups excluding carboxylic acids is 1. The van der Waals surface area contributed by atoms with E-state index in [0.29, 0.717) is 6.61 Å². The fourth-order valence-corrected chi connectivity index (χ4v) is 5.57. The van der Waals surface area contributed by atoms with Gasteiger partial charge in [-0.1, -0.05) is 36.8 Å². The third kappa shape index (κ3) is 3.69. The topological polar surface area (TPSA) is 56.5 Å². The summed E-state index contributed by atoms with van der Waals surface area (Å²) in [5.41, 5.74) is 5.94. The molecule has 34 heavy (non-hydrogen) atoms. The number of ketones is 1. The molecule has 0 saturated heterocycles. The molecule has 1 aromatic heterocycles. The highest BCUT2D eigenvalue weighted by Crippen LogP contribution is 2.40. The summed E-state index contributed by atoms with van der Waals surface area (Å²) in [5.74, 6) is 2.49. The minimum atomic E-state index is 0.0977. The number of imidazole rings is 1. The van der Waals surface area contributed by atoms with Crippen molar-refractivity contribution in [2.45, 2.75) is 45.6 Å². The van der Waals surface area contributed by atoms with Gasteiger partial charge >= 0.3 is 0 Å². The van der Waals surface area contributed by atoms with Gasteiger partial charge in [-0.15, -0.1) is 0 Å². The van der Waals surface area contributed by atoms with Crippen LogP contribution in [0.15, 0.2) is 59.6 Å². The number of nitrogens with zero attached hydrogens (tertiary/aromatic N) is 3. The number of para-hydroxylation sites is 2. The Kier molecular flexibility index (Phi) is 5.40. The van der Waals surface area contributed by atoms with Gasteiger partial charge in [-0.2, -0.15) is 0 Å². The molecule has 172 valence electrons. The van der Waals surface area contributed by atoms with Crippen LogP contribution in [0.5, 0.6) is 5.75 Å². The van der Waals surface area contributed by atoms with Crippen LogP contribution >= 0.6 is 0 Å². The quantitative estimate of drug-likeness (QED) is 0.404. The van der Waals surface area contributed by atoms with Gasteiger partial charge in [-0.05, 0) is 61.9 Å². The maximum atomic E-state index is 13.1. The van der Waals surface area contributed by atoms with Crippen molar-refractivity contribution in [1.29, 1.82) is 0 Å². The summed E-state index contributed by atoms with van der Waals surface area (Å²) in [4.78, 5) is 22.7. The molecule has 0 bridgehead atoms. The first-order chi connectivity index (χ1) is 16.7. The number of aryl methyl sites for hydroxylation is 2. The lowest BCUT2D eigenvalue weighted by Gasteiger charge is -2.15. The molecule has 5 nitrogen and oxygen atoms in total. The van der Waals surface area contributed by atoms with Gasteiger partial charge in [0.25, 0.3) is 0 Å². The Morgan fingerprint density at radius 3 is 2.97 bits per heavy atom. The lowest BCUT2D eigenvalue weighted by Crippen LogP contribution is -2.18. The number of benzene rings is 2. The molecule has 5 heteroatoms. The van der Waals surface area contributed by atoms with Crippen LogP contribution in [0.25, 0.3) is 16.6 Å². The molecular formula is C29H29N3O2. The summed E-state index contributed by atoms with van der Waals surface area (Å²) in [5, 5.41) is 0. The summed E-state index contributed by atoms with van der Waals surface area (Å²) >= 11 is 0. The molecule has 1 unspecified atom stereocenters. The smallest absolute Gasteiger partial charge is 0.168 e. The molecule has 2 aliphatic carbocycles. The lowest BCUT2D eigenvalue weighted by molar-refractivity contribution is 0.0912. The normalized spacial score (nSPS) is 21.0. The highest BCUT2D eigenvalue weighted by molar-refractivity contribution is 6.05. The first-order valence-corrected chi connectivity index (χ1v) is 12.4. The van der Waals surface area contributed by atoms with Crippen molar-refractivity contribution in [2.75, 3.05) is 6.61 Å².